The van der Waals surface area contributed by atoms with Crippen molar-refractivity contribution in [2.45, 2.75) is 102 Å². The molecule has 40 heavy (non-hydrogen) atoms. The Morgan fingerprint density at radius 1 is 0.725 bits per heavy atom. The highest BCUT2D eigenvalue weighted by Gasteiger charge is 2.33. The number of hydrogen-bond acceptors (Lipinski definition) is 5. The number of benzene rings is 2. The first-order valence-electron chi connectivity index (χ1n) is 15.2. The van der Waals surface area contributed by atoms with Gasteiger partial charge in [0.15, 0.2) is 17.7 Å². The molecule has 0 aliphatic carbocycles. The molecule has 0 saturated carbocycles. The van der Waals surface area contributed by atoms with Crippen LogP contribution in [0.25, 0.3) is 0 Å². The molecule has 2 aromatic rings. The summed E-state index contributed by atoms with van der Waals surface area (Å²) in [4.78, 5) is 0. The minimum atomic E-state index is -0.399. The Balaban J connectivity index is 1.20. The molecule has 4 atom stereocenters. The van der Waals surface area contributed by atoms with Crippen LogP contribution in [0.4, 0.5) is 0 Å². The Hall–Kier alpha value is -2.03. The van der Waals surface area contributed by atoms with E-state index in [1.165, 1.54) is 11.1 Å². The van der Waals surface area contributed by atoms with Crippen LogP contribution in [-0.4, -0.2) is 44.0 Å². The molecule has 2 heterocycles. The highest BCUT2D eigenvalue weighted by atomic mass is 32.1. The van der Waals surface area contributed by atoms with Crippen molar-refractivity contribution in [3.8, 4) is 0 Å². The quantitative estimate of drug-likeness (QED) is 0.189. The van der Waals surface area contributed by atoms with Gasteiger partial charge in [-0.05, 0) is 101 Å². The van der Waals surface area contributed by atoms with Gasteiger partial charge in [-0.2, -0.15) is 0 Å². The van der Waals surface area contributed by atoms with E-state index in [-0.39, 0.29) is 12.6 Å². The van der Waals surface area contributed by atoms with Crippen molar-refractivity contribution in [3.63, 3.8) is 0 Å². The summed E-state index contributed by atoms with van der Waals surface area (Å²) in [5.74, 6) is 0. The van der Waals surface area contributed by atoms with Gasteiger partial charge >= 0.3 is 0 Å². The topological polar surface area (TPSA) is 61.0 Å². The van der Waals surface area contributed by atoms with Crippen LogP contribution < -0.4 is 10.6 Å². The molecule has 2 aromatic carbocycles. The van der Waals surface area contributed by atoms with E-state index >= 15 is 0 Å². The van der Waals surface area contributed by atoms with Gasteiger partial charge in [0.1, 0.15) is 0 Å². The van der Waals surface area contributed by atoms with Crippen molar-refractivity contribution in [1.29, 1.82) is 0 Å². The molecule has 0 radical (unpaired) electrons. The molecule has 2 aliphatic heterocycles. The molecular formula is C33H48N2O4S. The molecule has 2 aliphatic rings. The largest absolute Gasteiger partial charge is 0.363 e. The Bertz CT molecular complexity index is 919. The standard InChI is InChI=1S/C33H48N2O4S/c1-32(27-15-5-3-6-16-27,38-29-19-9-11-25-36-29)21-13-23-34-31(40)35-24-14-22-33(2,28-17-7-4-8-18-28)39-30-20-10-12-26-37-30/h3-8,15-18,29-30H,9-14,19-26H2,1-2H3,(H2,34,35,40). The van der Waals surface area contributed by atoms with E-state index in [0.29, 0.717) is 5.11 Å². The lowest BCUT2D eigenvalue weighted by Gasteiger charge is -2.36. The van der Waals surface area contributed by atoms with Gasteiger partial charge < -0.3 is 29.6 Å². The first-order chi connectivity index (χ1) is 19.5. The maximum atomic E-state index is 6.55. The zero-order valence-corrected chi connectivity index (χ0v) is 25.2. The lowest BCUT2D eigenvalue weighted by Crippen LogP contribution is -2.39. The first-order valence-corrected chi connectivity index (χ1v) is 15.6. The van der Waals surface area contributed by atoms with E-state index in [1.54, 1.807) is 0 Å². The molecule has 4 unspecified atom stereocenters. The second-order valence-electron chi connectivity index (χ2n) is 11.4. The predicted octanol–water partition coefficient (Wildman–Crippen LogP) is 6.93. The normalized spacial score (nSPS) is 22.6. The minimum absolute atomic E-state index is 0.134. The van der Waals surface area contributed by atoms with Crippen molar-refractivity contribution >= 4 is 17.3 Å². The van der Waals surface area contributed by atoms with Gasteiger partial charge in [0.25, 0.3) is 0 Å². The van der Waals surface area contributed by atoms with Crippen molar-refractivity contribution in [3.05, 3.63) is 71.8 Å². The number of rotatable bonds is 14. The fourth-order valence-corrected chi connectivity index (χ4v) is 5.83. The predicted molar refractivity (Wildman–Crippen MR) is 164 cm³/mol. The molecule has 4 rings (SSSR count). The summed E-state index contributed by atoms with van der Waals surface area (Å²) in [5, 5.41) is 7.47. The van der Waals surface area contributed by atoms with Crippen LogP contribution in [0.2, 0.25) is 0 Å². The van der Waals surface area contributed by atoms with Gasteiger partial charge in [0.2, 0.25) is 0 Å². The van der Waals surface area contributed by atoms with Crippen molar-refractivity contribution < 1.29 is 18.9 Å². The van der Waals surface area contributed by atoms with E-state index in [1.807, 2.05) is 12.1 Å². The minimum Gasteiger partial charge on any atom is -0.363 e. The van der Waals surface area contributed by atoms with Gasteiger partial charge in [-0.15, -0.1) is 0 Å². The SMILES string of the molecule is CC(CCCNC(=S)NCCCC(C)(OC1CCCCO1)c1ccccc1)(OC1CCCCO1)c1ccccc1. The second kappa shape index (κ2) is 15.8. The summed E-state index contributed by atoms with van der Waals surface area (Å²) < 4.78 is 24.9. The van der Waals surface area contributed by atoms with E-state index in [4.69, 9.17) is 31.2 Å². The third-order valence-corrected chi connectivity index (χ3v) is 8.35. The highest BCUT2D eigenvalue weighted by molar-refractivity contribution is 7.80. The number of nitrogens with one attached hydrogen (secondary N) is 2. The van der Waals surface area contributed by atoms with E-state index < -0.39 is 11.2 Å². The molecular weight excluding hydrogens is 520 g/mol. The Kier molecular flexibility index (Phi) is 12.2. The Morgan fingerprint density at radius 3 is 1.52 bits per heavy atom. The maximum Gasteiger partial charge on any atom is 0.166 e. The average molecular weight is 569 g/mol. The van der Waals surface area contributed by atoms with Gasteiger partial charge in [0, 0.05) is 26.3 Å². The average Bonchev–Trinajstić information content (AvgIpc) is 2.99. The summed E-state index contributed by atoms with van der Waals surface area (Å²) in [7, 11) is 0. The summed E-state index contributed by atoms with van der Waals surface area (Å²) >= 11 is 5.59. The Morgan fingerprint density at radius 2 is 1.15 bits per heavy atom. The van der Waals surface area contributed by atoms with E-state index in [0.717, 1.165) is 90.5 Å². The smallest absolute Gasteiger partial charge is 0.166 e. The molecule has 0 bridgehead atoms. The van der Waals surface area contributed by atoms with E-state index in [9.17, 15) is 0 Å². The van der Waals surface area contributed by atoms with Crippen LogP contribution in [0.1, 0.15) is 89.2 Å². The number of ether oxygens (including phenoxy) is 4. The Labute approximate surface area is 246 Å². The van der Waals surface area contributed by atoms with Crippen LogP contribution in [0, 0.1) is 0 Å². The van der Waals surface area contributed by atoms with Crippen LogP contribution in [0.5, 0.6) is 0 Å². The van der Waals surface area contributed by atoms with Crippen molar-refractivity contribution in [1.82, 2.24) is 10.6 Å². The highest BCUT2D eigenvalue weighted by Crippen LogP contribution is 2.35. The fraction of sp³-hybridized carbons (Fsp3) is 0.606. The third-order valence-electron chi connectivity index (χ3n) is 8.06. The second-order valence-corrected chi connectivity index (χ2v) is 11.8. The van der Waals surface area contributed by atoms with Gasteiger partial charge in [-0.25, -0.2) is 0 Å². The number of thiocarbonyl (C=S) groups is 1. The summed E-state index contributed by atoms with van der Waals surface area (Å²) in [5.41, 5.74) is 1.58. The summed E-state index contributed by atoms with van der Waals surface area (Å²) in [6.45, 7) is 7.49. The van der Waals surface area contributed by atoms with Crippen LogP contribution in [-0.2, 0) is 30.1 Å². The van der Waals surface area contributed by atoms with Gasteiger partial charge in [0.05, 0.1) is 11.2 Å². The molecule has 2 N–H and O–H groups in total. The van der Waals surface area contributed by atoms with Crippen molar-refractivity contribution in [2.75, 3.05) is 26.3 Å². The molecule has 0 amide bonds. The molecule has 0 aromatic heterocycles. The monoisotopic (exact) mass is 568 g/mol. The molecule has 0 spiro atoms. The molecule has 6 nitrogen and oxygen atoms in total. The lowest BCUT2D eigenvalue weighted by molar-refractivity contribution is -0.226. The van der Waals surface area contributed by atoms with Crippen molar-refractivity contribution in [2.24, 2.45) is 0 Å². The van der Waals surface area contributed by atoms with Crippen LogP contribution in [0.3, 0.4) is 0 Å². The molecule has 2 saturated heterocycles. The van der Waals surface area contributed by atoms with E-state index in [2.05, 4.69) is 73.0 Å². The van der Waals surface area contributed by atoms with Gasteiger partial charge in [-0.3, -0.25) is 0 Å². The fourth-order valence-electron chi connectivity index (χ4n) is 5.63. The van der Waals surface area contributed by atoms with Gasteiger partial charge in [-0.1, -0.05) is 60.7 Å². The lowest BCUT2D eigenvalue weighted by atomic mass is 9.90. The summed E-state index contributed by atoms with van der Waals surface area (Å²) in [6, 6.07) is 21.0. The van der Waals surface area contributed by atoms with Crippen LogP contribution in [0.15, 0.2) is 60.7 Å². The third kappa shape index (κ3) is 9.52. The molecule has 220 valence electrons. The zero-order valence-electron chi connectivity index (χ0n) is 24.4. The number of hydrogen-bond donors (Lipinski definition) is 2. The summed E-state index contributed by atoms with van der Waals surface area (Å²) in [6.07, 6.45) is 9.80. The molecule has 7 heteroatoms. The molecule has 2 fully saturated rings. The zero-order chi connectivity index (χ0) is 28.1. The first kappa shape index (κ1) is 30.9. The maximum absolute atomic E-state index is 6.55. The van der Waals surface area contributed by atoms with Crippen LogP contribution >= 0.6 is 12.2 Å².